The normalized spacial score (nSPS) is 15.8. The highest BCUT2D eigenvalue weighted by Crippen LogP contribution is 2.38. The summed E-state index contributed by atoms with van der Waals surface area (Å²) in [6.45, 7) is 0. The van der Waals surface area contributed by atoms with Crippen LogP contribution in [0.15, 0.2) is 12.1 Å². The van der Waals surface area contributed by atoms with Crippen molar-refractivity contribution in [3.05, 3.63) is 17.7 Å². The lowest BCUT2D eigenvalue weighted by molar-refractivity contribution is -0.144. The summed E-state index contributed by atoms with van der Waals surface area (Å²) < 4.78 is 15.6. The molecular weight excluding hydrogens is 302 g/mol. The highest BCUT2D eigenvalue weighted by molar-refractivity contribution is 5.99. The number of ether oxygens (including phenoxy) is 3. The molecule has 1 saturated carbocycles. The molecule has 1 aliphatic rings. The standard InChI is InChI=1S/C16H21NO6/c1-21-11-8-10(9-12(22-2)13(11)23-3)14(18)17-16(15(19)20)6-4-5-7-16/h8-9H,4-7H2,1-3H3,(H,17,18)(H,19,20). The van der Waals surface area contributed by atoms with Gasteiger partial charge in [0, 0.05) is 5.56 Å². The Morgan fingerprint density at radius 1 is 1.04 bits per heavy atom. The molecule has 0 saturated heterocycles. The highest BCUT2D eigenvalue weighted by atomic mass is 16.5. The fraction of sp³-hybridized carbons (Fsp3) is 0.500. The van der Waals surface area contributed by atoms with Gasteiger partial charge >= 0.3 is 5.97 Å². The lowest BCUT2D eigenvalue weighted by atomic mass is 9.97. The van der Waals surface area contributed by atoms with Crippen molar-refractivity contribution in [3.8, 4) is 17.2 Å². The van der Waals surface area contributed by atoms with Crippen LogP contribution in [0.5, 0.6) is 17.2 Å². The van der Waals surface area contributed by atoms with Gasteiger partial charge in [-0.1, -0.05) is 12.8 Å². The largest absolute Gasteiger partial charge is 0.493 e. The maximum Gasteiger partial charge on any atom is 0.329 e. The van der Waals surface area contributed by atoms with Crippen LogP contribution in [0.2, 0.25) is 0 Å². The number of carbonyl (C=O) groups is 2. The van der Waals surface area contributed by atoms with Gasteiger partial charge in [0.25, 0.3) is 5.91 Å². The Morgan fingerprint density at radius 3 is 1.96 bits per heavy atom. The average molecular weight is 323 g/mol. The average Bonchev–Trinajstić information content (AvgIpc) is 3.03. The number of methoxy groups -OCH3 is 3. The number of hydrogen-bond donors (Lipinski definition) is 2. The van der Waals surface area contributed by atoms with Gasteiger partial charge in [-0.2, -0.15) is 0 Å². The van der Waals surface area contributed by atoms with Crippen LogP contribution >= 0.6 is 0 Å². The Balaban J connectivity index is 2.34. The van der Waals surface area contributed by atoms with Crippen molar-refractivity contribution in [1.29, 1.82) is 0 Å². The van der Waals surface area contributed by atoms with E-state index in [4.69, 9.17) is 14.2 Å². The zero-order valence-corrected chi connectivity index (χ0v) is 13.5. The molecule has 0 aliphatic heterocycles. The number of benzene rings is 1. The van der Waals surface area contributed by atoms with E-state index in [1.54, 1.807) is 0 Å². The predicted octanol–water partition coefficient (Wildman–Crippen LogP) is 1.84. The lowest BCUT2D eigenvalue weighted by Gasteiger charge is -2.25. The van der Waals surface area contributed by atoms with Crippen molar-refractivity contribution < 1.29 is 28.9 Å². The second-order valence-electron chi connectivity index (χ2n) is 5.46. The summed E-state index contributed by atoms with van der Waals surface area (Å²) in [5.74, 6) is -0.426. The molecular formula is C16H21NO6. The Hall–Kier alpha value is -2.44. The number of amides is 1. The summed E-state index contributed by atoms with van der Waals surface area (Å²) in [6, 6.07) is 3.00. The van der Waals surface area contributed by atoms with E-state index in [1.165, 1.54) is 33.5 Å². The molecule has 0 spiro atoms. The molecule has 7 heteroatoms. The van der Waals surface area contributed by atoms with Crippen LogP contribution in [-0.2, 0) is 4.79 Å². The van der Waals surface area contributed by atoms with Gasteiger partial charge in [-0.15, -0.1) is 0 Å². The van der Waals surface area contributed by atoms with Crippen molar-refractivity contribution >= 4 is 11.9 Å². The molecule has 2 N–H and O–H groups in total. The fourth-order valence-corrected chi connectivity index (χ4v) is 2.87. The molecule has 126 valence electrons. The van der Waals surface area contributed by atoms with Crippen LogP contribution in [0.4, 0.5) is 0 Å². The molecule has 23 heavy (non-hydrogen) atoms. The first-order chi connectivity index (χ1) is 11.0. The lowest BCUT2D eigenvalue weighted by Crippen LogP contribution is -2.52. The molecule has 0 atom stereocenters. The Labute approximate surface area is 134 Å². The smallest absolute Gasteiger partial charge is 0.329 e. The topological polar surface area (TPSA) is 94.1 Å². The molecule has 0 unspecified atom stereocenters. The summed E-state index contributed by atoms with van der Waals surface area (Å²) in [5, 5.41) is 12.1. The minimum atomic E-state index is -1.20. The number of rotatable bonds is 6. The summed E-state index contributed by atoms with van der Waals surface area (Å²) in [4.78, 5) is 24.1. The first-order valence-corrected chi connectivity index (χ1v) is 7.33. The van der Waals surface area contributed by atoms with Crippen molar-refractivity contribution in [2.45, 2.75) is 31.2 Å². The van der Waals surface area contributed by atoms with Crippen molar-refractivity contribution in [2.75, 3.05) is 21.3 Å². The molecule has 2 rings (SSSR count). The monoisotopic (exact) mass is 323 g/mol. The molecule has 1 aliphatic carbocycles. The predicted molar refractivity (Wildman–Crippen MR) is 82.4 cm³/mol. The van der Waals surface area contributed by atoms with E-state index in [9.17, 15) is 14.7 Å². The maximum atomic E-state index is 12.5. The Bertz CT molecular complexity index is 582. The molecule has 0 heterocycles. The Morgan fingerprint density at radius 2 is 1.57 bits per heavy atom. The van der Waals surface area contributed by atoms with E-state index in [0.717, 1.165) is 12.8 Å². The quantitative estimate of drug-likeness (QED) is 0.829. The summed E-state index contributed by atoms with van der Waals surface area (Å²) in [7, 11) is 4.38. The molecule has 1 aromatic rings. The van der Waals surface area contributed by atoms with Crippen LogP contribution < -0.4 is 19.5 Å². The molecule has 1 amide bonds. The summed E-state index contributed by atoms with van der Waals surface area (Å²) in [6.07, 6.45) is 2.42. The third-order valence-electron chi connectivity index (χ3n) is 4.15. The minimum Gasteiger partial charge on any atom is -0.493 e. The van der Waals surface area contributed by atoms with Crippen LogP contribution in [0.3, 0.4) is 0 Å². The zero-order chi connectivity index (χ0) is 17.0. The molecule has 1 fully saturated rings. The number of aliphatic carboxylic acids is 1. The van der Waals surface area contributed by atoms with Crippen molar-refractivity contribution in [2.24, 2.45) is 0 Å². The van der Waals surface area contributed by atoms with Gasteiger partial charge in [0.15, 0.2) is 11.5 Å². The first kappa shape index (κ1) is 16.9. The maximum absolute atomic E-state index is 12.5. The molecule has 0 radical (unpaired) electrons. The van der Waals surface area contributed by atoms with E-state index in [-0.39, 0.29) is 5.56 Å². The number of carbonyl (C=O) groups excluding carboxylic acids is 1. The van der Waals surface area contributed by atoms with Gasteiger partial charge in [0.1, 0.15) is 5.54 Å². The van der Waals surface area contributed by atoms with Crippen LogP contribution in [-0.4, -0.2) is 43.9 Å². The number of carboxylic acid groups (broad SMARTS) is 1. The van der Waals surface area contributed by atoms with E-state index >= 15 is 0 Å². The second kappa shape index (κ2) is 6.76. The van der Waals surface area contributed by atoms with E-state index in [0.29, 0.717) is 30.1 Å². The first-order valence-electron chi connectivity index (χ1n) is 7.33. The van der Waals surface area contributed by atoms with E-state index in [1.807, 2.05) is 0 Å². The Kier molecular flexibility index (Phi) is 4.98. The van der Waals surface area contributed by atoms with Crippen LogP contribution in [0.1, 0.15) is 36.0 Å². The second-order valence-corrected chi connectivity index (χ2v) is 5.46. The molecule has 0 bridgehead atoms. The van der Waals surface area contributed by atoms with Crippen LogP contribution in [0, 0.1) is 0 Å². The van der Waals surface area contributed by atoms with Crippen LogP contribution in [0.25, 0.3) is 0 Å². The summed E-state index contributed by atoms with van der Waals surface area (Å²) >= 11 is 0. The van der Waals surface area contributed by atoms with Crippen molar-refractivity contribution in [1.82, 2.24) is 5.32 Å². The summed E-state index contributed by atoms with van der Waals surface area (Å²) in [5.41, 5.74) is -0.940. The third kappa shape index (κ3) is 3.18. The van der Waals surface area contributed by atoms with Gasteiger partial charge in [-0.05, 0) is 25.0 Å². The van der Waals surface area contributed by atoms with Gasteiger partial charge in [0.05, 0.1) is 21.3 Å². The van der Waals surface area contributed by atoms with Crippen molar-refractivity contribution in [3.63, 3.8) is 0 Å². The zero-order valence-electron chi connectivity index (χ0n) is 13.5. The third-order valence-corrected chi connectivity index (χ3v) is 4.15. The van der Waals surface area contributed by atoms with Gasteiger partial charge in [0.2, 0.25) is 5.75 Å². The SMILES string of the molecule is COc1cc(C(=O)NC2(C(=O)O)CCCC2)cc(OC)c1OC. The number of hydrogen-bond acceptors (Lipinski definition) is 5. The number of nitrogens with one attached hydrogen (secondary N) is 1. The highest BCUT2D eigenvalue weighted by Gasteiger charge is 2.42. The van der Waals surface area contributed by atoms with E-state index in [2.05, 4.69) is 5.32 Å². The molecule has 0 aromatic heterocycles. The van der Waals surface area contributed by atoms with Gasteiger partial charge < -0.3 is 24.6 Å². The fourth-order valence-electron chi connectivity index (χ4n) is 2.87. The minimum absolute atomic E-state index is 0.257. The molecule has 7 nitrogen and oxygen atoms in total. The van der Waals surface area contributed by atoms with Gasteiger partial charge in [-0.3, -0.25) is 4.79 Å². The number of carboxylic acids is 1. The van der Waals surface area contributed by atoms with E-state index < -0.39 is 17.4 Å². The van der Waals surface area contributed by atoms with Gasteiger partial charge in [-0.25, -0.2) is 4.79 Å². The molecule has 1 aromatic carbocycles.